The van der Waals surface area contributed by atoms with Gasteiger partial charge >= 0.3 is 5.97 Å². The number of nitrogens with zero attached hydrogens (tertiary/aromatic N) is 3. The molecule has 0 saturated heterocycles. The van der Waals surface area contributed by atoms with Gasteiger partial charge in [-0.25, -0.2) is 10.4 Å². The van der Waals surface area contributed by atoms with Crippen LogP contribution in [0.5, 0.6) is 11.5 Å². The number of amidine groups is 1. The number of aliphatic imine (C=N–C) groups is 1. The summed E-state index contributed by atoms with van der Waals surface area (Å²) in [6, 6.07) is 2.46. The number of carbonyl (C=O) groups excluding carboxylic acids is 1. The average Bonchev–Trinajstić information content (AvgIpc) is 2.55. The second-order valence-electron chi connectivity index (χ2n) is 4.90. The largest absolute Gasteiger partial charge is 0.493 e. The van der Waals surface area contributed by atoms with E-state index in [1.165, 1.54) is 25.5 Å². The number of carbonyl (C=O) groups is 2. The number of nitrogens with one attached hydrogen (secondary N) is 1. The minimum absolute atomic E-state index is 0.362. The van der Waals surface area contributed by atoms with Crippen LogP contribution in [0, 0.1) is 0 Å². The quantitative estimate of drug-likeness (QED) is 0.826. The monoisotopic (exact) mass is 318 g/mol. The van der Waals surface area contributed by atoms with Gasteiger partial charge < -0.3 is 19.5 Å². The Kier molecular flexibility index (Phi) is 3.61. The van der Waals surface area contributed by atoms with Crippen molar-refractivity contribution in [2.24, 2.45) is 10.1 Å². The number of hydrogen-bond acceptors (Lipinski definition) is 7. The molecule has 0 spiro atoms. The summed E-state index contributed by atoms with van der Waals surface area (Å²) in [5.41, 5.74) is 3.55. The summed E-state index contributed by atoms with van der Waals surface area (Å²) in [5.74, 6) is -0.177. The van der Waals surface area contributed by atoms with Crippen LogP contribution in [0.1, 0.15) is 12.0 Å². The number of benzene rings is 1. The second kappa shape index (κ2) is 5.59. The van der Waals surface area contributed by atoms with Crippen LogP contribution in [0.25, 0.3) is 0 Å². The van der Waals surface area contributed by atoms with E-state index in [1.54, 1.807) is 12.1 Å². The van der Waals surface area contributed by atoms with Crippen molar-refractivity contribution in [1.29, 1.82) is 0 Å². The number of fused-ring (bicyclic) bond motifs is 3. The number of ether oxygens (including phenoxy) is 2. The molecule has 0 bridgehead atoms. The van der Waals surface area contributed by atoms with Gasteiger partial charge in [0.25, 0.3) is 5.91 Å². The van der Waals surface area contributed by atoms with Gasteiger partial charge in [-0.05, 0) is 6.07 Å². The number of aliphatic carboxylic acids is 1. The highest BCUT2D eigenvalue weighted by molar-refractivity contribution is 6.15. The summed E-state index contributed by atoms with van der Waals surface area (Å²) in [5, 5.41) is 13.0. The molecule has 1 amide bonds. The van der Waals surface area contributed by atoms with Crippen LogP contribution in [0.3, 0.4) is 0 Å². The molecule has 23 heavy (non-hydrogen) atoms. The van der Waals surface area contributed by atoms with E-state index in [1.807, 2.05) is 0 Å². The van der Waals surface area contributed by atoms with Gasteiger partial charge in [-0.15, -0.1) is 0 Å². The molecule has 0 saturated carbocycles. The van der Waals surface area contributed by atoms with Gasteiger partial charge in [-0.3, -0.25) is 9.59 Å². The summed E-state index contributed by atoms with van der Waals surface area (Å²) in [6.07, 6.45) is 1.04. The maximum Gasteiger partial charge on any atom is 0.306 e. The number of hydrazone groups is 1. The van der Waals surface area contributed by atoms with E-state index in [0.29, 0.717) is 28.6 Å². The van der Waals surface area contributed by atoms with Crippen LogP contribution in [0.4, 0.5) is 5.69 Å². The molecule has 1 atom stereocenters. The fourth-order valence-corrected chi connectivity index (χ4v) is 2.48. The molecular weight excluding hydrogens is 304 g/mol. The Morgan fingerprint density at radius 2 is 2.04 bits per heavy atom. The SMILES string of the molecule is COc1cc2c(cc1OC)C1=NNC(=O)[C@@H](CC(=O)O)N1C=N2. The fraction of sp³-hybridized carbons (Fsp3) is 0.286. The molecule has 1 aromatic rings. The first kappa shape index (κ1) is 14.8. The van der Waals surface area contributed by atoms with Crippen molar-refractivity contribution in [3.05, 3.63) is 17.7 Å². The first-order valence-electron chi connectivity index (χ1n) is 6.73. The summed E-state index contributed by atoms with van der Waals surface area (Å²) >= 11 is 0. The third-order valence-electron chi connectivity index (χ3n) is 3.59. The lowest BCUT2D eigenvalue weighted by atomic mass is 10.0. The third-order valence-corrected chi connectivity index (χ3v) is 3.59. The molecule has 0 radical (unpaired) electrons. The average molecular weight is 318 g/mol. The van der Waals surface area contributed by atoms with Crippen LogP contribution < -0.4 is 14.9 Å². The van der Waals surface area contributed by atoms with Crippen molar-refractivity contribution in [2.45, 2.75) is 12.5 Å². The minimum atomic E-state index is -1.09. The van der Waals surface area contributed by atoms with Crippen LogP contribution in [0.2, 0.25) is 0 Å². The molecule has 3 rings (SSSR count). The predicted molar refractivity (Wildman–Crippen MR) is 80.3 cm³/mol. The molecule has 0 unspecified atom stereocenters. The van der Waals surface area contributed by atoms with Crippen molar-refractivity contribution < 1.29 is 24.2 Å². The van der Waals surface area contributed by atoms with Crippen molar-refractivity contribution >= 4 is 29.7 Å². The van der Waals surface area contributed by atoms with Crippen LogP contribution >= 0.6 is 0 Å². The number of carboxylic acid groups (broad SMARTS) is 1. The van der Waals surface area contributed by atoms with Crippen molar-refractivity contribution in [2.75, 3.05) is 14.2 Å². The van der Waals surface area contributed by atoms with E-state index >= 15 is 0 Å². The number of amides is 1. The molecule has 2 aliphatic rings. The van der Waals surface area contributed by atoms with E-state index in [2.05, 4.69) is 15.5 Å². The van der Waals surface area contributed by atoms with Crippen molar-refractivity contribution in [1.82, 2.24) is 10.3 Å². The molecule has 9 nitrogen and oxygen atoms in total. The standard InChI is InChI=1S/C14H14N4O5/c1-22-10-3-7-8(4-11(10)23-2)15-6-18-9(5-12(19)20)14(21)17-16-13(7)18/h3-4,6,9H,5H2,1-2H3,(H,17,21)(H,19,20)/t9-/m1/s1. The zero-order valence-corrected chi connectivity index (χ0v) is 12.4. The van der Waals surface area contributed by atoms with Gasteiger partial charge in [-0.2, -0.15) is 5.10 Å². The summed E-state index contributed by atoms with van der Waals surface area (Å²) < 4.78 is 10.5. The topological polar surface area (TPSA) is 113 Å². The molecule has 0 aliphatic carbocycles. The summed E-state index contributed by atoms with van der Waals surface area (Å²) in [6.45, 7) is 0. The highest BCUT2D eigenvalue weighted by Crippen LogP contribution is 2.37. The maximum absolute atomic E-state index is 11.9. The van der Waals surface area contributed by atoms with Gasteiger partial charge in [0.1, 0.15) is 6.04 Å². The Morgan fingerprint density at radius 1 is 1.35 bits per heavy atom. The van der Waals surface area contributed by atoms with Gasteiger partial charge in [0.2, 0.25) is 0 Å². The molecule has 1 aromatic carbocycles. The minimum Gasteiger partial charge on any atom is -0.493 e. The van der Waals surface area contributed by atoms with Gasteiger partial charge in [0.15, 0.2) is 17.3 Å². The first-order valence-corrected chi connectivity index (χ1v) is 6.73. The lowest BCUT2D eigenvalue weighted by molar-refractivity contribution is -0.140. The fourth-order valence-electron chi connectivity index (χ4n) is 2.48. The Labute approximate surface area is 131 Å². The van der Waals surface area contributed by atoms with Gasteiger partial charge in [-0.1, -0.05) is 0 Å². The Bertz CT molecular complexity index is 743. The first-order chi connectivity index (χ1) is 11.0. The van der Waals surface area contributed by atoms with Gasteiger partial charge in [0, 0.05) is 11.6 Å². The highest BCUT2D eigenvalue weighted by Gasteiger charge is 2.37. The van der Waals surface area contributed by atoms with Crippen molar-refractivity contribution in [3.8, 4) is 11.5 Å². The molecule has 2 aliphatic heterocycles. The molecule has 9 heteroatoms. The lowest BCUT2D eigenvalue weighted by Crippen LogP contribution is -2.54. The second-order valence-corrected chi connectivity index (χ2v) is 4.90. The predicted octanol–water partition coefficient (Wildman–Crippen LogP) is 0.314. The molecular formula is C14H14N4O5. The highest BCUT2D eigenvalue weighted by atomic mass is 16.5. The van der Waals surface area contributed by atoms with E-state index in [4.69, 9.17) is 14.6 Å². The van der Waals surface area contributed by atoms with E-state index < -0.39 is 17.9 Å². The number of methoxy groups -OCH3 is 2. The number of rotatable bonds is 4. The lowest BCUT2D eigenvalue weighted by Gasteiger charge is -2.34. The van der Waals surface area contributed by atoms with E-state index in [9.17, 15) is 9.59 Å². The van der Waals surface area contributed by atoms with Crippen LogP contribution in [-0.4, -0.2) is 54.3 Å². The zero-order valence-electron chi connectivity index (χ0n) is 12.4. The van der Waals surface area contributed by atoms with Gasteiger partial charge in [0.05, 0.1) is 32.7 Å². The maximum atomic E-state index is 11.9. The number of hydrogen-bond donors (Lipinski definition) is 2. The molecule has 0 fully saturated rings. The van der Waals surface area contributed by atoms with E-state index in [0.717, 1.165) is 0 Å². The summed E-state index contributed by atoms with van der Waals surface area (Å²) in [7, 11) is 3.02. The van der Waals surface area contributed by atoms with Crippen LogP contribution in [0.15, 0.2) is 22.2 Å². The molecule has 0 aromatic heterocycles. The number of carboxylic acids is 1. The van der Waals surface area contributed by atoms with E-state index in [-0.39, 0.29) is 6.42 Å². The Morgan fingerprint density at radius 3 is 2.70 bits per heavy atom. The molecule has 2 N–H and O–H groups in total. The normalized spacial score (nSPS) is 18.5. The Balaban J connectivity index is 2.07. The summed E-state index contributed by atoms with van der Waals surface area (Å²) in [4.78, 5) is 28.6. The third kappa shape index (κ3) is 2.45. The molecule has 2 heterocycles. The van der Waals surface area contributed by atoms with Crippen molar-refractivity contribution in [3.63, 3.8) is 0 Å². The molecule has 120 valence electrons. The Hall–Kier alpha value is -3.10. The zero-order chi connectivity index (χ0) is 16.6. The smallest absolute Gasteiger partial charge is 0.306 e. The van der Waals surface area contributed by atoms with Crippen LogP contribution in [-0.2, 0) is 9.59 Å².